The molecule has 146 valence electrons. The van der Waals surface area contributed by atoms with Crippen molar-refractivity contribution >= 4 is 38.6 Å². The number of thiazole rings is 1. The minimum atomic E-state index is -3.57. The normalized spacial score (nSPS) is 11.3. The van der Waals surface area contributed by atoms with Crippen molar-refractivity contribution in [2.45, 2.75) is 5.75 Å². The summed E-state index contributed by atoms with van der Waals surface area (Å²) in [4.78, 5) is 4.69. The second-order valence-electron chi connectivity index (χ2n) is 6.48. The summed E-state index contributed by atoms with van der Waals surface area (Å²) in [6.45, 7) is 0. The van der Waals surface area contributed by atoms with Gasteiger partial charge in [-0.2, -0.15) is 0 Å². The van der Waals surface area contributed by atoms with Crippen molar-refractivity contribution in [3.8, 4) is 21.8 Å². The molecule has 0 unspecified atom stereocenters. The van der Waals surface area contributed by atoms with Crippen molar-refractivity contribution in [3.63, 3.8) is 0 Å². The van der Waals surface area contributed by atoms with Crippen molar-refractivity contribution in [3.05, 3.63) is 94.8 Å². The average Bonchev–Trinajstić information content (AvgIpc) is 3.18. The zero-order valence-electron chi connectivity index (χ0n) is 15.2. The number of aromatic nitrogens is 1. The fourth-order valence-corrected chi connectivity index (χ4v) is 5.15. The van der Waals surface area contributed by atoms with Gasteiger partial charge in [0.05, 0.1) is 11.4 Å². The van der Waals surface area contributed by atoms with Gasteiger partial charge >= 0.3 is 0 Å². The first-order valence-electron chi connectivity index (χ1n) is 8.85. The number of anilines is 1. The molecule has 1 heterocycles. The summed E-state index contributed by atoms with van der Waals surface area (Å²) in [6.07, 6.45) is 0. The van der Waals surface area contributed by atoms with Crippen LogP contribution in [0.2, 0.25) is 5.02 Å². The van der Waals surface area contributed by atoms with Gasteiger partial charge in [-0.1, -0.05) is 66.2 Å². The number of benzene rings is 3. The monoisotopic (exact) mass is 440 g/mol. The first-order valence-corrected chi connectivity index (χ1v) is 11.8. The lowest BCUT2D eigenvalue weighted by Gasteiger charge is -2.09. The lowest BCUT2D eigenvalue weighted by molar-refractivity contribution is 0.600. The molecule has 0 aliphatic carbocycles. The number of rotatable bonds is 6. The summed E-state index contributed by atoms with van der Waals surface area (Å²) in [7, 11) is -3.57. The highest BCUT2D eigenvalue weighted by Crippen LogP contribution is 2.30. The molecule has 1 N–H and O–H groups in total. The van der Waals surface area contributed by atoms with E-state index < -0.39 is 10.0 Å². The zero-order chi connectivity index (χ0) is 20.3. The van der Waals surface area contributed by atoms with Gasteiger partial charge in [-0.25, -0.2) is 13.4 Å². The molecule has 1 aromatic heterocycles. The Bertz CT molecular complexity index is 1240. The van der Waals surface area contributed by atoms with E-state index in [0.717, 1.165) is 21.8 Å². The molecule has 0 saturated heterocycles. The maximum absolute atomic E-state index is 12.5. The van der Waals surface area contributed by atoms with Gasteiger partial charge in [0.15, 0.2) is 0 Å². The molecule has 0 atom stereocenters. The Hall–Kier alpha value is -2.67. The largest absolute Gasteiger partial charge is 0.283 e. The van der Waals surface area contributed by atoms with Gasteiger partial charge in [0, 0.05) is 27.2 Å². The van der Waals surface area contributed by atoms with E-state index in [1.165, 1.54) is 0 Å². The van der Waals surface area contributed by atoms with E-state index in [2.05, 4.69) is 4.72 Å². The number of hydrogen-bond acceptors (Lipinski definition) is 4. The smallest absolute Gasteiger partial charge is 0.236 e. The Morgan fingerprint density at radius 3 is 2.45 bits per heavy atom. The number of nitrogens with one attached hydrogen (secondary N) is 1. The molecule has 0 bridgehead atoms. The minimum Gasteiger partial charge on any atom is -0.283 e. The summed E-state index contributed by atoms with van der Waals surface area (Å²) in [6, 6.07) is 24.0. The second kappa shape index (κ2) is 8.37. The van der Waals surface area contributed by atoms with E-state index in [0.29, 0.717) is 16.3 Å². The molecule has 4 rings (SSSR count). The van der Waals surface area contributed by atoms with E-state index in [-0.39, 0.29) is 5.75 Å². The number of halogens is 1. The first kappa shape index (κ1) is 19.6. The average molecular weight is 441 g/mol. The zero-order valence-corrected chi connectivity index (χ0v) is 17.6. The second-order valence-corrected chi connectivity index (χ2v) is 9.49. The van der Waals surface area contributed by atoms with Crippen molar-refractivity contribution < 1.29 is 8.42 Å². The summed E-state index contributed by atoms with van der Waals surface area (Å²) >= 11 is 7.50. The SMILES string of the molecule is O=S(=O)(Cc1cccc(Cl)c1)Nc1cccc(-c2csc(-c3ccccc3)n2)c1. The fourth-order valence-electron chi connectivity index (χ4n) is 2.92. The standard InChI is InChI=1S/C22H17ClN2O2S2/c23-19-10-4-6-16(12-19)15-29(26,27)25-20-11-5-9-18(13-20)21-14-28-22(24-21)17-7-2-1-3-8-17/h1-14,25H,15H2. The summed E-state index contributed by atoms with van der Waals surface area (Å²) in [5, 5.41) is 3.41. The Morgan fingerprint density at radius 2 is 1.66 bits per heavy atom. The van der Waals surface area contributed by atoms with E-state index in [1.807, 2.05) is 47.8 Å². The molecule has 4 aromatic rings. The third kappa shape index (κ3) is 5.03. The van der Waals surface area contributed by atoms with Crippen LogP contribution in [-0.2, 0) is 15.8 Å². The molecule has 0 fully saturated rings. The van der Waals surface area contributed by atoms with Crippen LogP contribution < -0.4 is 4.72 Å². The van der Waals surface area contributed by atoms with Crippen molar-refractivity contribution in [1.29, 1.82) is 0 Å². The van der Waals surface area contributed by atoms with Crippen LogP contribution in [0.1, 0.15) is 5.56 Å². The van der Waals surface area contributed by atoms with E-state index in [9.17, 15) is 8.42 Å². The van der Waals surface area contributed by atoms with E-state index in [1.54, 1.807) is 47.7 Å². The molecule has 7 heteroatoms. The van der Waals surface area contributed by atoms with Gasteiger partial charge in [-0.3, -0.25) is 4.72 Å². The molecule has 4 nitrogen and oxygen atoms in total. The van der Waals surface area contributed by atoms with Crippen LogP contribution in [0.3, 0.4) is 0 Å². The molecule has 0 aliphatic heterocycles. The summed E-state index contributed by atoms with van der Waals surface area (Å²) in [5.41, 5.74) is 3.85. The van der Waals surface area contributed by atoms with Crippen LogP contribution in [0.4, 0.5) is 5.69 Å². The Balaban J connectivity index is 1.54. The van der Waals surface area contributed by atoms with Crippen LogP contribution in [-0.4, -0.2) is 13.4 Å². The summed E-state index contributed by atoms with van der Waals surface area (Å²) in [5.74, 6) is -0.146. The van der Waals surface area contributed by atoms with Gasteiger partial charge in [0.2, 0.25) is 10.0 Å². The van der Waals surface area contributed by atoms with Crippen LogP contribution in [0, 0.1) is 0 Å². The van der Waals surface area contributed by atoms with Crippen LogP contribution in [0.15, 0.2) is 84.2 Å². The third-order valence-corrected chi connectivity index (χ3v) is 6.59. The van der Waals surface area contributed by atoms with Crippen LogP contribution in [0.5, 0.6) is 0 Å². The Morgan fingerprint density at radius 1 is 0.897 bits per heavy atom. The molecular weight excluding hydrogens is 424 g/mol. The van der Waals surface area contributed by atoms with Crippen LogP contribution in [0.25, 0.3) is 21.8 Å². The predicted octanol–water partition coefficient (Wildman–Crippen LogP) is 6.07. The molecule has 29 heavy (non-hydrogen) atoms. The molecule has 0 aliphatic rings. The van der Waals surface area contributed by atoms with Gasteiger partial charge in [-0.15, -0.1) is 11.3 Å². The van der Waals surface area contributed by atoms with Gasteiger partial charge in [0.25, 0.3) is 0 Å². The molecule has 0 amide bonds. The molecule has 0 spiro atoms. The maximum Gasteiger partial charge on any atom is 0.236 e. The first-order chi connectivity index (χ1) is 14.0. The molecule has 3 aromatic carbocycles. The number of sulfonamides is 1. The van der Waals surface area contributed by atoms with Gasteiger partial charge < -0.3 is 0 Å². The van der Waals surface area contributed by atoms with Crippen molar-refractivity contribution in [1.82, 2.24) is 4.98 Å². The minimum absolute atomic E-state index is 0.146. The fraction of sp³-hybridized carbons (Fsp3) is 0.0455. The molecule has 0 saturated carbocycles. The highest BCUT2D eigenvalue weighted by atomic mass is 35.5. The highest BCUT2D eigenvalue weighted by molar-refractivity contribution is 7.91. The molecular formula is C22H17ClN2O2S2. The topological polar surface area (TPSA) is 59.1 Å². The quantitative estimate of drug-likeness (QED) is 0.395. The third-order valence-electron chi connectivity index (χ3n) is 4.20. The summed E-state index contributed by atoms with van der Waals surface area (Å²) < 4.78 is 27.7. The van der Waals surface area contributed by atoms with E-state index >= 15 is 0 Å². The van der Waals surface area contributed by atoms with Crippen molar-refractivity contribution in [2.75, 3.05) is 4.72 Å². The molecule has 0 radical (unpaired) electrons. The Labute approximate surface area is 178 Å². The Kier molecular flexibility index (Phi) is 5.67. The maximum atomic E-state index is 12.5. The highest BCUT2D eigenvalue weighted by Gasteiger charge is 2.13. The predicted molar refractivity (Wildman–Crippen MR) is 121 cm³/mol. The van der Waals surface area contributed by atoms with Crippen LogP contribution >= 0.6 is 22.9 Å². The lowest BCUT2D eigenvalue weighted by Crippen LogP contribution is -2.15. The van der Waals surface area contributed by atoms with Crippen molar-refractivity contribution in [2.24, 2.45) is 0 Å². The number of hydrogen-bond donors (Lipinski definition) is 1. The number of nitrogens with zero attached hydrogens (tertiary/aromatic N) is 1. The lowest BCUT2D eigenvalue weighted by atomic mass is 10.1. The van der Waals surface area contributed by atoms with Gasteiger partial charge in [0.1, 0.15) is 5.01 Å². The van der Waals surface area contributed by atoms with Gasteiger partial charge in [-0.05, 0) is 29.8 Å². The van der Waals surface area contributed by atoms with E-state index in [4.69, 9.17) is 16.6 Å².